The summed E-state index contributed by atoms with van der Waals surface area (Å²) in [5, 5.41) is 3.34. The Morgan fingerprint density at radius 2 is 1.81 bits per heavy atom. The summed E-state index contributed by atoms with van der Waals surface area (Å²) in [6, 6.07) is 14.4. The number of hydrogen-bond acceptors (Lipinski definition) is 2. The molecule has 0 unspecified atom stereocenters. The first-order valence-corrected chi connectivity index (χ1v) is 8.16. The predicted molar refractivity (Wildman–Crippen MR) is 92.1 cm³/mol. The molecule has 0 saturated carbocycles. The zero-order valence-electron chi connectivity index (χ0n) is 12.8. The standard InChI is InChI=1S/C18H22BrNO/c1-4-20-12-15-11-16(19)7-10-18(15)21-17-8-5-14(6-9-17)13(2)3/h5-11,13,20H,4,12H2,1-3H3. The molecule has 0 spiro atoms. The Balaban J connectivity index is 2.18. The molecule has 2 aromatic rings. The highest BCUT2D eigenvalue weighted by molar-refractivity contribution is 9.10. The maximum absolute atomic E-state index is 6.04. The molecule has 0 atom stereocenters. The molecule has 0 aliphatic carbocycles. The quantitative estimate of drug-likeness (QED) is 0.747. The summed E-state index contributed by atoms with van der Waals surface area (Å²) in [7, 11) is 0. The van der Waals surface area contributed by atoms with Crippen LogP contribution in [0.4, 0.5) is 0 Å². The molecule has 0 heterocycles. The molecule has 2 nitrogen and oxygen atoms in total. The molecule has 0 aromatic heterocycles. The Hall–Kier alpha value is -1.32. The largest absolute Gasteiger partial charge is 0.457 e. The van der Waals surface area contributed by atoms with Crippen molar-refractivity contribution >= 4 is 15.9 Å². The molecule has 2 aromatic carbocycles. The van der Waals surface area contributed by atoms with E-state index >= 15 is 0 Å². The SMILES string of the molecule is CCNCc1cc(Br)ccc1Oc1ccc(C(C)C)cc1. The smallest absolute Gasteiger partial charge is 0.131 e. The molecular weight excluding hydrogens is 326 g/mol. The fourth-order valence-corrected chi connectivity index (χ4v) is 2.50. The van der Waals surface area contributed by atoms with Gasteiger partial charge in [-0.15, -0.1) is 0 Å². The van der Waals surface area contributed by atoms with E-state index in [-0.39, 0.29) is 0 Å². The molecular formula is C18H22BrNO. The summed E-state index contributed by atoms with van der Waals surface area (Å²) in [5.41, 5.74) is 2.48. The van der Waals surface area contributed by atoms with Crippen LogP contribution in [0.25, 0.3) is 0 Å². The van der Waals surface area contributed by atoms with Crippen LogP contribution in [0.2, 0.25) is 0 Å². The van der Waals surface area contributed by atoms with Crippen LogP contribution in [-0.4, -0.2) is 6.54 Å². The molecule has 112 valence electrons. The fourth-order valence-electron chi connectivity index (χ4n) is 2.09. The van der Waals surface area contributed by atoms with E-state index in [4.69, 9.17) is 4.74 Å². The van der Waals surface area contributed by atoms with Crippen molar-refractivity contribution in [2.45, 2.75) is 33.2 Å². The molecule has 0 radical (unpaired) electrons. The zero-order chi connectivity index (χ0) is 15.2. The Morgan fingerprint density at radius 1 is 1.10 bits per heavy atom. The van der Waals surface area contributed by atoms with Crippen LogP contribution in [0.3, 0.4) is 0 Å². The van der Waals surface area contributed by atoms with E-state index in [0.29, 0.717) is 5.92 Å². The van der Waals surface area contributed by atoms with Gasteiger partial charge in [0.15, 0.2) is 0 Å². The van der Waals surface area contributed by atoms with Gasteiger partial charge in [-0.2, -0.15) is 0 Å². The van der Waals surface area contributed by atoms with Gasteiger partial charge in [0.1, 0.15) is 11.5 Å². The first-order valence-electron chi connectivity index (χ1n) is 7.37. The van der Waals surface area contributed by atoms with Gasteiger partial charge in [-0.3, -0.25) is 0 Å². The van der Waals surface area contributed by atoms with E-state index in [1.54, 1.807) is 0 Å². The fraction of sp³-hybridized carbons (Fsp3) is 0.333. The van der Waals surface area contributed by atoms with Gasteiger partial charge >= 0.3 is 0 Å². The second-order valence-corrected chi connectivity index (χ2v) is 6.27. The first kappa shape index (κ1) is 16.1. The third kappa shape index (κ3) is 4.58. The Kier molecular flexibility index (Phi) is 5.83. The number of nitrogens with one attached hydrogen (secondary N) is 1. The molecule has 0 aliphatic heterocycles. The van der Waals surface area contributed by atoms with Crippen molar-refractivity contribution in [3.05, 3.63) is 58.1 Å². The van der Waals surface area contributed by atoms with Crippen LogP contribution >= 0.6 is 15.9 Å². The minimum Gasteiger partial charge on any atom is -0.457 e. The maximum Gasteiger partial charge on any atom is 0.131 e. The van der Waals surface area contributed by atoms with E-state index in [2.05, 4.69) is 60.2 Å². The lowest BCUT2D eigenvalue weighted by Crippen LogP contribution is -2.12. The average Bonchev–Trinajstić information content (AvgIpc) is 2.48. The number of halogens is 1. The molecule has 0 saturated heterocycles. The van der Waals surface area contributed by atoms with Gasteiger partial charge in [-0.1, -0.05) is 48.8 Å². The number of hydrogen-bond donors (Lipinski definition) is 1. The number of ether oxygens (including phenoxy) is 1. The summed E-state index contributed by atoms with van der Waals surface area (Å²) in [4.78, 5) is 0. The number of benzene rings is 2. The summed E-state index contributed by atoms with van der Waals surface area (Å²) in [5.74, 6) is 2.31. The van der Waals surface area contributed by atoms with Gasteiger partial charge in [0.05, 0.1) is 0 Å². The van der Waals surface area contributed by atoms with Crippen molar-refractivity contribution < 1.29 is 4.74 Å². The molecule has 0 aliphatic rings. The van der Waals surface area contributed by atoms with Gasteiger partial charge in [0, 0.05) is 16.6 Å². The summed E-state index contributed by atoms with van der Waals surface area (Å²) < 4.78 is 7.10. The second kappa shape index (κ2) is 7.62. The first-order chi connectivity index (χ1) is 10.1. The van der Waals surface area contributed by atoms with Gasteiger partial charge < -0.3 is 10.1 Å². The Morgan fingerprint density at radius 3 is 2.43 bits per heavy atom. The zero-order valence-corrected chi connectivity index (χ0v) is 14.4. The highest BCUT2D eigenvalue weighted by Crippen LogP contribution is 2.29. The lowest BCUT2D eigenvalue weighted by atomic mass is 10.0. The van der Waals surface area contributed by atoms with E-state index < -0.39 is 0 Å². The van der Waals surface area contributed by atoms with E-state index in [1.807, 2.05) is 24.3 Å². The number of rotatable bonds is 6. The van der Waals surface area contributed by atoms with Crippen molar-refractivity contribution in [1.29, 1.82) is 0 Å². The minimum absolute atomic E-state index is 0.538. The van der Waals surface area contributed by atoms with Crippen LogP contribution < -0.4 is 10.1 Å². The third-order valence-electron chi connectivity index (χ3n) is 3.36. The molecule has 2 rings (SSSR count). The normalized spacial score (nSPS) is 10.9. The van der Waals surface area contributed by atoms with Crippen LogP contribution in [0.15, 0.2) is 46.9 Å². The summed E-state index contributed by atoms with van der Waals surface area (Å²) in [6.07, 6.45) is 0. The molecule has 1 N–H and O–H groups in total. The highest BCUT2D eigenvalue weighted by Gasteiger charge is 2.06. The van der Waals surface area contributed by atoms with Crippen molar-refractivity contribution in [2.24, 2.45) is 0 Å². The molecule has 0 bridgehead atoms. The van der Waals surface area contributed by atoms with Gasteiger partial charge in [0.25, 0.3) is 0 Å². The van der Waals surface area contributed by atoms with Crippen molar-refractivity contribution in [3.8, 4) is 11.5 Å². The monoisotopic (exact) mass is 347 g/mol. The second-order valence-electron chi connectivity index (χ2n) is 5.36. The minimum atomic E-state index is 0.538. The van der Waals surface area contributed by atoms with Crippen LogP contribution in [0.1, 0.15) is 37.8 Å². The van der Waals surface area contributed by atoms with Gasteiger partial charge in [-0.25, -0.2) is 0 Å². The molecule has 0 amide bonds. The third-order valence-corrected chi connectivity index (χ3v) is 3.86. The van der Waals surface area contributed by atoms with Crippen LogP contribution in [0.5, 0.6) is 11.5 Å². The van der Waals surface area contributed by atoms with Gasteiger partial charge in [0.2, 0.25) is 0 Å². The molecule has 21 heavy (non-hydrogen) atoms. The lowest BCUT2D eigenvalue weighted by molar-refractivity contribution is 0.473. The van der Waals surface area contributed by atoms with Gasteiger partial charge in [-0.05, 0) is 48.4 Å². The summed E-state index contributed by atoms with van der Waals surface area (Å²) in [6.45, 7) is 8.23. The van der Waals surface area contributed by atoms with Crippen molar-refractivity contribution in [1.82, 2.24) is 5.32 Å². The van der Waals surface area contributed by atoms with Crippen LogP contribution in [0, 0.1) is 0 Å². The van der Waals surface area contributed by atoms with Crippen molar-refractivity contribution in [3.63, 3.8) is 0 Å². The van der Waals surface area contributed by atoms with Crippen LogP contribution in [-0.2, 0) is 6.54 Å². The topological polar surface area (TPSA) is 21.3 Å². The molecule has 3 heteroatoms. The van der Waals surface area contributed by atoms with E-state index in [1.165, 1.54) is 5.56 Å². The highest BCUT2D eigenvalue weighted by atomic mass is 79.9. The van der Waals surface area contributed by atoms with E-state index in [9.17, 15) is 0 Å². The average molecular weight is 348 g/mol. The molecule has 0 fully saturated rings. The maximum atomic E-state index is 6.04. The Labute approximate surface area is 135 Å². The Bertz CT molecular complexity index is 578. The summed E-state index contributed by atoms with van der Waals surface area (Å²) >= 11 is 3.52. The van der Waals surface area contributed by atoms with E-state index in [0.717, 1.165) is 34.6 Å². The lowest BCUT2D eigenvalue weighted by Gasteiger charge is -2.13. The van der Waals surface area contributed by atoms with Crippen molar-refractivity contribution in [2.75, 3.05) is 6.54 Å². The predicted octanol–water partition coefficient (Wildman–Crippen LogP) is 5.47.